The molecule has 1 atom stereocenters. The first-order chi connectivity index (χ1) is 8.91. The third-order valence-electron chi connectivity index (χ3n) is 2.67. The number of aromatic nitrogens is 1. The highest BCUT2D eigenvalue weighted by atomic mass is 16.6. The number of pyridine rings is 1. The summed E-state index contributed by atoms with van der Waals surface area (Å²) in [6.07, 6.45) is 1.30. The van der Waals surface area contributed by atoms with Crippen molar-refractivity contribution in [1.29, 1.82) is 0 Å². The molecule has 1 aromatic heterocycles. The molecule has 0 fully saturated rings. The Morgan fingerprint density at radius 3 is 2.79 bits per heavy atom. The van der Waals surface area contributed by atoms with Crippen LogP contribution < -0.4 is 10.1 Å². The summed E-state index contributed by atoms with van der Waals surface area (Å²) >= 11 is 0. The molecule has 0 aliphatic heterocycles. The molecule has 19 heavy (non-hydrogen) atoms. The van der Waals surface area contributed by atoms with E-state index in [1.54, 1.807) is 0 Å². The molecule has 1 unspecified atom stereocenters. The molecule has 1 N–H and O–H groups in total. The van der Waals surface area contributed by atoms with Gasteiger partial charge in [0.2, 0.25) is 5.75 Å². The molecular formula is C12H17N3O4. The van der Waals surface area contributed by atoms with Crippen molar-refractivity contribution >= 4 is 11.7 Å². The summed E-state index contributed by atoms with van der Waals surface area (Å²) in [4.78, 5) is 25.2. The van der Waals surface area contributed by atoms with Crippen molar-refractivity contribution in [3.8, 4) is 5.75 Å². The van der Waals surface area contributed by atoms with E-state index in [9.17, 15) is 14.9 Å². The predicted octanol–water partition coefficient (Wildman–Crippen LogP) is 1.53. The van der Waals surface area contributed by atoms with E-state index in [2.05, 4.69) is 10.3 Å². The van der Waals surface area contributed by atoms with Crippen molar-refractivity contribution in [2.45, 2.75) is 26.8 Å². The van der Waals surface area contributed by atoms with Crippen molar-refractivity contribution in [2.24, 2.45) is 5.92 Å². The maximum absolute atomic E-state index is 11.6. The Hall–Kier alpha value is -2.18. The van der Waals surface area contributed by atoms with Crippen LogP contribution in [0.1, 0.15) is 20.8 Å². The van der Waals surface area contributed by atoms with Gasteiger partial charge in [-0.1, -0.05) is 13.8 Å². The Morgan fingerprint density at radius 2 is 2.21 bits per heavy atom. The van der Waals surface area contributed by atoms with E-state index in [4.69, 9.17) is 4.74 Å². The molecule has 1 aromatic rings. The van der Waals surface area contributed by atoms with Crippen molar-refractivity contribution in [3.63, 3.8) is 0 Å². The molecular weight excluding hydrogens is 250 g/mol. The number of hydrogen-bond donors (Lipinski definition) is 1. The van der Waals surface area contributed by atoms with E-state index < -0.39 is 10.7 Å². The maximum atomic E-state index is 11.6. The normalized spacial score (nSPS) is 12.0. The van der Waals surface area contributed by atoms with E-state index >= 15 is 0 Å². The maximum Gasteiger partial charge on any atom is 0.406 e. The number of carbonyl (C=O) groups excluding carboxylic acids is 1. The van der Waals surface area contributed by atoms with E-state index in [0.29, 0.717) is 5.92 Å². The molecule has 1 heterocycles. The molecule has 0 aliphatic carbocycles. The van der Waals surface area contributed by atoms with Crippen LogP contribution in [0.4, 0.5) is 5.82 Å². The average Bonchev–Trinajstić information content (AvgIpc) is 2.36. The molecule has 7 nitrogen and oxygen atoms in total. The fourth-order valence-electron chi connectivity index (χ4n) is 1.24. The number of hydrogen-bond acceptors (Lipinski definition) is 5. The Labute approximate surface area is 111 Å². The van der Waals surface area contributed by atoms with Crippen LogP contribution in [0, 0.1) is 16.0 Å². The van der Waals surface area contributed by atoms with Gasteiger partial charge in [0.15, 0.2) is 6.61 Å². The third kappa shape index (κ3) is 4.53. The van der Waals surface area contributed by atoms with Gasteiger partial charge in [0.05, 0.1) is 0 Å². The molecule has 1 rings (SSSR count). The van der Waals surface area contributed by atoms with E-state index in [1.165, 1.54) is 18.3 Å². The number of nitrogens with one attached hydrogen (secondary N) is 1. The van der Waals surface area contributed by atoms with Gasteiger partial charge in [-0.15, -0.1) is 0 Å². The fourth-order valence-corrected chi connectivity index (χ4v) is 1.24. The second-order valence-electron chi connectivity index (χ2n) is 4.47. The highest BCUT2D eigenvalue weighted by Crippen LogP contribution is 2.22. The van der Waals surface area contributed by atoms with Gasteiger partial charge in [-0.2, -0.15) is 0 Å². The first-order valence-electron chi connectivity index (χ1n) is 5.93. The number of amides is 1. The first-order valence-corrected chi connectivity index (χ1v) is 5.93. The molecule has 0 radical (unpaired) electrons. The van der Waals surface area contributed by atoms with Gasteiger partial charge in [-0.3, -0.25) is 4.79 Å². The van der Waals surface area contributed by atoms with Crippen LogP contribution in [0.25, 0.3) is 0 Å². The van der Waals surface area contributed by atoms with Crippen molar-refractivity contribution in [2.75, 3.05) is 6.61 Å². The average molecular weight is 267 g/mol. The van der Waals surface area contributed by atoms with Crippen molar-refractivity contribution < 1.29 is 14.5 Å². The largest absolute Gasteiger partial charge is 0.476 e. The summed E-state index contributed by atoms with van der Waals surface area (Å²) in [6.45, 7) is 5.58. The smallest absolute Gasteiger partial charge is 0.406 e. The Bertz CT molecular complexity index is 462. The fraction of sp³-hybridized carbons (Fsp3) is 0.500. The quantitative estimate of drug-likeness (QED) is 0.623. The summed E-state index contributed by atoms with van der Waals surface area (Å²) in [5.41, 5.74) is 0. The summed E-state index contributed by atoms with van der Waals surface area (Å²) < 4.78 is 5.12. The van der Waals surface area contributed by atoms with Gasteiger partial charge in [-0.05, 0) is 34.9 Å². The van der Waals surface area contributed by atoms with Crippen molar-refractivity contribution in [1.82, 2.24) is 10.3 Å². The van der Waals surface area contributed by atoms with Gasteiger partial charge >= 0.3 is 5.82 Å². The van der Waals surface area contributed by atoms with Crippen LogP contribution in [0.2, 0.25) is 0 Å². The van der Waals surface area contributed by atoms with Gasteiger partial charge < -0.3 is 20.2 Å². The van der Waals surface area contributed by atoms with Crippen LogP contribution in [0.3, 0.4) is 0 Å². The van der Waals surface area contributed by atoms with Crippen LogP contribution in [-0.4, -0.2) is 28.5 Å². The van der Waals surface area contributed by atoms with Crippen LogP contribution in [-0.2, 0) is 4.79 Å². The number of nitrogens with zero attached hydrogens (tertiary/aromatic N) is 2. The number of rotatable bonds is 6. The lowest BCUT2D eigenvalue weighted by Gasteiger charge is -2.17. The van der Waals surface area contributed by atoms with E-state index in [-0.39, 0.29) is 24.3 Å². The van der Waals surface area contributed by atoms with Gasteiger partial charge in [0, 0.05) is 6.04 Å². The molecule has 104 valence electrons. The molecule has 0 aromatic carbocycles. The Balaban J connectivity index is 2.58. The lowest BCUT2D eigenvalue weighted by Crippen LogP contribution is -2.39. The van der Waals surface area contributed by atoms with Gasteiger partial charge in [0.1, 0.15) is 6.20 Å². The molecule has 0 bridgehead atoms. The standard InChI is InChI=1S/C12H17N3O4/c1-8(2)9(3)14-11(16)7-19-10-5-4-6-13-12(10)15(17)18/h4-6,8-9H,7H2,1-3H3,(H,14,16). The topological polar surface area (TPSA) is 94.4 Å². The minimum atomic E-state index is -0.649. The number of carbonyl (C=O) groups is 1. The van der Waals surface area contributed by atoms with Crippen LogP contribution >= 0.6 is 0 Å². The first kappa shape index (κ1) is 14.9. The lowest BCUT2D eigenvalue weighted by atomic mass is 10.1. The third-order valence-corrected chi connectivity index (χ3v) is 2.67. The SMILES string of the molecule is CC(C)C(C)NC(=O)COc1cccnc1[N+](=O)[O-]. The highest BCUT2D eigenvalue weighted by molar-refractivity contribution is 5.77. The zero-order chi connectivity index (χ0) is 14.4. The summed E-state index contributed by atoms with van der Waals surface area (Å²) in [5, 5.41) is 13.4. The zero-order valence-corrected chi connectivity index (χ0v) is 11.1. The second kappa shape index (κ2) is 6.67. The zero-order valence-electron chi connectivity index (χ0n) is 11.1. The predicted molar refractivity (Wildman–Crippen MR) is 68.8 cm³/mol. The molecule has 0 saturated heterocycles. The second-order valence-corrected chi connectivity index (χ2v) is 4.47. The van der Waals surface area contributed by atoms with Crippen LogP contribution in [0.15, 0.2) is 18.3 Å². The van der Waals surface area contributed by atoms with E-state index in [1.807, 2.05) is 20.8 Å². The monoisotopic (exact) mass is 267 g/mol. The minimum Gasteiger partial charge on any atom is -0.476 e. The Kier molecular flexibility index (Phi) is 5.23. The number of nitro groups is 1. The summed E-state index contributed by atoms with van der Waals surface area (Å²) in [6, 6.07) is 2.93. The summed E-state index contributed by atoms with van der Waals surface area (Å²) in [7, 11) is 0. The minimum absolute atomic E-state index is 0.0139. The van der Waals surface area contributed by atoms with Gasteiger partial charge in [0.25, 0.3) is 5.91 Å². The number of ether oxygens (including phenoxy) is 1. The molecule has 0 saturated carbocycles. The van der Waals surface area contributed by atoms with Crippen LogP contribution in [0.5, 0.6) is 5.75 Å². The molecule has 1 amide bonds. The van der Waals surface area contributed by atoms with E-state index in [0.717, 1.165) is 0 Å². The van der Waals surface area contributed by atoms with Gasteiger partial charge in [-0.25, -0.2) is 0 Å². The summed E-state index contributed by atoms with van der Waals surface area (Å²) in [5.74, 6) is -0.428. The Morgan fingerprint density at radius 1 is 1.53 bits per heavy atom. The molecule has 0 aliphatic rings. The highest BCUT2D eigenvalue weighted by Gasteiger charge is 2.17. The molecule has 0 spiro atoms. The van der Waals surface area contributed by atoms with Crippen molar-refractivity contribution in [3.05, 3.63) is 28.4 Å². The molecule has 7 heteroatoms. The lowest BCUT2D eigenvalue weighted by molar-refractivity contribution is -0.390.